The van der Waals surface area contributed by atoms with Crippen LogP contribution in [-0.4, -0.2) is 53.6 Å². The zero-order valence-electron chi connectivity index (χ0n) is 23.5. The second kappa shape index (κ2) is 15.7. The van der Waals surface area contributed by atoms with Crippen molar-refractivity contribution in [3.8, 4) is 0 Å². The van der Waals surface area contributed by atoms with E-state index in [9.17, 15) is 10.2 Å². The van der Waals surface area contributed by atoms with E-state index in [0.29, 0.717) is 0 Å². The lowest BCUT2D eigenvalue weighted by atomic mass is 9.94. The molecule has 0 spiro atoms. The van der Waals surface area contributed by atoms with E-state index in [2.05, 4.69) is 0 Å². The Bertz CT molecular complexity index is 1290. The summed E-state index contributed by atoms with van der Waals surface area (Å²) in [5.74, 6) is 0. The average Bonchev–Trinajstić information content (AvgIpc) is 3.05. The zero-order chi connectivity index (χ0) is 29.0. The molecule has 1 saturated heterocycles. The fourth-order valence-electron chi connectivity index (χ4n) is 5.04. The lowest BCUT2D eigenvalue weighted by Crippen LogP contribution is -2.63. The summed E-state index contributed by atoms with van der Waals surface area (Å²) in [6.45, 7) is 0.722. The molecular weight excluding hydrogens is 532 g/mol. The Morgan fingerprint density at radius 2 is 0.905 bits per heavy atom. The smallest absolute Gasteiger partial charge is 0.184 e. The molecule has 1 aliphatic rings. The van der Waals surface area contributed by atoms with E-state index in [-0.39, 0.29) is 33.0 Å². The van der Waals surface area contributed by atoms with Crippen LogP contribution >= 0.6 is 0 Å². The fourth-order valence-corrected chi connectivity index (χ4v) is 5.04. The molecule has 0 saturated carbocycles. The summed E-state index contributed by atoms with van der Waals surface area (Å²) < 4.78 is 31.6. The number of ether oxygens (including phenoxy) is 5. The van der Waals surface area contributed by atoms with Crippen molar-refractivity contribution in [3.63, 3.8) is 0 Å². The molecule has 0 radical (unpaired) electrons. The van der Waals surface area contributed by atoms with Crippen LogP contribution in [0.3, 0.4) is 0 Å². The Kier molecular flexibility index (Phi) is 11.3. The molecule has 4 aromatic rings. The Balaban J connectivity index is 1.41. The zero-order valence-corrected chi connectivity index (χ0v) is 23.5. The number of aliphatic hydroxyl groups excluding tert-OH is 2. The van der Waals surface area contributed by atoms with Gasteiger partial charge in [0, 0.05) is 0 Å². The van der Waals surface area contributed by atoms with Gasteiger partial charge in [-0.05, 0) is 22.3 Å². The highest BCUT2D eigenvalue weighted by atomic mass is 16.7. The Morgan fingerprint density at radius 3 is 1.33 bits per heavy atom. The molecule has 4 aromatic carbocycles. The van der Waals surface area contributed by atoms with Gasteiger partial charge in [0.1, 0.15) is 30.5 Å². The first-order valence-electron chi connectivity index (χ1n) is 14.3. The number of benzene rings is 4. The summed E-state index contributed by atoms with van der Waals surface area (Å²) >= 11 is 0. The third-order valence-corrected chi connectivity index (χ3v) is 7.26. The van der Waals surface area contributed by atoms with Crippen LogP contribution in [0.25, 0.3) is 0 Å². The second-order valence-corrected chi connectivity index (χ2v) is 10.3. The van der Waals surface area contributed by atoms with Crippen molar-refractivity contribution in [2.24, 2.45) is 0 Å². The molecule has 0 amide bonds. The molecule has 1 heterocycles. The first kappa shape index (κ1) is 30.1. The first-order chi connectivity index (χ1) is 20.7. The highest BCUT2D eigenvalue weighted by Crippen LogP contribution is 2.32. The second-order valence-electron chi connectivity index (χ2n) is 10.3. The first-order valence-corrected chi connectivity index (χ1v) is 14.3. The van der Waals surface area contributed by atoms with Crippen LogP contribution in [0.1, 0.15) is 22.3 Å². The van der Waals surface area contributed by atoms with Crippen molar-refractivity contribution in [2.75, 3.05) is 6.61 Å². The van der Waals surface area contributed by atoms with Crippen molar-refractivity contribution in [1.29, 1.82) is 0 Å². The van der Waals surface area contributed by atoms with Gasteiger partial charge in [-0.15, -0.1) is 0 Å². The summed E-state index contributed by atoms with van der Waals surface area (Å²) in [7, 11) is 0. The molecule has 1 fully saturated rings. The number of rotatable bonds is 14. The number of hydrogen-bond donors (Lipinski definition) is 2. The van der Waals surface area contributed by atoms with Gasteiger partial charge in [0.15, 0.2) is 6.29 Å². The largest absolute Gasteiger partial charge is 0.394 e. The van der Waals surface area contributed by atoms with E-state index in [0.717, 1.165) is 22.3 Å². The molecule has 0 bridgehead atoms. The maximum atomic E-state index is 11.3. The quantitative estimate of drug-likeness (QED) is 0.220. The molecular formula is C35H38O7. The Hall–Kier alpha value is -3.40. The standard InChI is InChI=1S/C35H38O7/c36-21-30(38-22-26-13-5-1-6-14-26)31-32(39-23-27-15-7-2-8-16-27)33(40-24-28-17-9-3-10-18-28)34(35(37)42-31)41-25-29-19-11-4-12-20-29/h1-20,30-37H,21-25H2/t30-,31+,32+,33-,34-,35+/m0/s1. The van der Waals surface area contributed by atoms with Gasteiger partial charge in [-0.3, -0.25) is 0 Å². The molecule has 0 aliphatic carbocycles. The minimum absolute atomic E-state index is 0.251. The summed E-state index contributed by atoms with van der Waals surface area (Å²) in [4.78, 5) is 0. The van der Waals surface area contributed by atoms with Gasteiger partial charge in [0.05, 0.1) is 33.0 Å². The molecule has 7 nitrogen and oxygen atoms in total. The molecule has 2 N–H and O–H groups in total. The van der Waals surface area contributed by atoms with E-state index >= 15 is 0 Å². The summed E-state index contributed by atoms with van der Waals surface area (Å²) in [6.07, 6.45) is -5.30. The van der Waals surface area contributed by atoms with Gasteiger partial charge < -0.3 is 33.9 Å². The number of aliphatic hydroxyl groups is 2. The average molecular weight is 571 g/mol. The van der Waals surface area contributed by atoms with E-state index in [1.165, 1.54) is 0 Å². The van der Waals surface area contributed by atoms with Crippen molar-refractivity contribution in [1.82, 2.24) is 0 Å². The van der Waals surface area contributed by atoms with E-state index in [1.807, 2.05) is 121 Å². The minimum Gasteiger partial charge on any atom is -0.394 e. The highest BCUT2D eigenvalue weighted by Gasteiger charge is 2.50. The lowest BCUT2D eigenvalue weighted by Gasteiger charge is -2.46. The Morgan fingerprint density at radius 1 is 0.524 bits per heavy atom. The van der Waals surface area contributed by atoms with Crippen LogP contribution in [-0.2, 0) is 50.1 Å². The summed E-state index contributed by atoms with van der Waals surface area (Å²) in [5.41, 5.74) is 3.85. The van der Waals surface area contributed by atoms with Crippen molar-refractivity contribution in [3.05, 3.63) is 144 Å². The summed E-state index contributed by atoms with van der Waals surface area (Å²) in [5, 5.41) is 21.7. The van der Waals surface area contributed by atoms with E-state index < -0.39 is 36.8 Å². The van der Waals surface area contributed by atoms with Crippen LogP contribution < -0.4 is 0 Å². The van der Waals surface area contributed by atoms with Crippen LogP contribution in [0.4, 0.5) is 0 Å². The van der Waals surface area contributed by atoms with E-state index in [4.69, 9.17) is 23.7 Å². The van der Waals surface area contributed by atoms with Gasteiger partial charge in [-0.1, -0.05) is 121 Å². The van der Waals surface area contributed by atoms with Crippen LogP contribution in [0.15, 0.2) is 121 Å². The highest BCUT2D eigenvalue weighted by molar-refractivity contribution is 5.16. The molecule has 6 atom stereocenters. The van der Waals surface area contributed by atoms with Crippen molar-refractivity contribution >= 4 is 0 Å². The fraction of sp³-hybridized carbons (Fsp3) is 0.314. The molecule has 42 heavy (non-hydrogen) atoms. The topological polar surface area (TPSA) is 86.6 Å². The monoisotopic (exact) mass is 570 g/mol. The van der Waals surface area contributed by atoms with Crippen molar-refractivity contribution < 1.29 is 33.9 Å². The molecule has 5 rings (SSSR count). The predicted octanol–water partition coefficient (Wildman–Crippen LogP) is 5.04. The summed E-state index contributed by atoms with van der Waals surface area (Å²) in [6, 6.07) is 39.1. The molecule has 0 unspecified atom stereocenters. The van der Waals surface area contributed by atoms with Crippen molar-refractivity contribution in [2.45, 2.75) is 63.2 Å². The third kappa shape index (κ3) is 8.33. The Labute approximate surface area is 247 Å². The lowest BCUT2D eigenvalue weighted by molar-refractivity contribution is -0.328. The maximum absolute atomic E-state index is 11.3. The van der Waals surface area contributed by atoms with Crippen LogP contribution in [0.5, 0.6) is 0 Å². The van der Waals surface area contributed by atoms with E-state index in [1.54, 1.807) is 0 Å². The predicted molar refractivity (Wildman–Crippen MR) is 158 cm³/mol. The molecule has 0 aromatic heterocycles. The van der Waals surface area contributed by atoms with Gasteiger partial charge >= 0.3 is 0 Å². The van der Waals surface area contributed by atoms with Gasteiger partial charge in [0.2, 0.25) is 0 Å². The minimum atomic E-state index is -1.34. The maximum Gasteiger partial charge on any atom is 0.184 e. The third-order valence-electron chi connectivity index (χ3n) is 7.26. The van der Waals surface area contributed by atoms with Crippen LogP contribution in [0.2, 0.25) is 0 Å². The van der Waals surface area contributed by atoms with Gasteiger partial charge in [-0.2, -0.15) is 0 Å². The SMILES string of the molecule is OC[C@H](OCc1ccccc1)[C@H]1O[C@@H](O)[C@@H](OCc2ccccc2)[C@@H](OCc2ccccc2)[C@@H]1OCc1ccccc1. The van der Waals surface area contributed by atoms with Crippen LogP contribution in [0, 0.1) is 0 Å². The molecule has 7 heteroatoms. The van der Waals surface area contributed by atoms with Gasteiger partial charge in [0.25, 0.3) is 0 Å². The number of hydrogen-bond acceptors (Lipinski definition) is 7. The molecule has 1 aliphatic heterocycles. The van der Waals surface area contributed by atoms with Gasteiger partial charge in [-0.25, -0.2) is 0 Å². The normalized spacial score (nSPS) is 23.0. The molecule has 220 valence electrons.